The Labute approximate surface area is 468 Å². The molecule has 0 bridgehead atoms. The monoisotopic (exact) mass is 1050 g/mol. The molecule has 0 rings (SSSR count). The van der Waals surface area contributed by atoms with E-state index in [1.165, 1.54) is 283 Å². The first-order valence-corrected chi connectivity index (χ1v) is 33.7. The van der Waals surface area contributed by atoms with E-state index in [0.717, 1.165) is 51.4 Å². The van der Waals surface area contributed by atoms with Crippen LogP contribution in [0.1, 0.15) is 367 Å². The summed E-state index contributed by atoms with van der Waals surface area (Å²) in [5.74, 6) is -0.0254. The topological polar surface area (TPSA) is 95.9 Å². The van der Waals surface area contributed by atoms with Gasteiger partial charge in [0.25, 0.3) is 0 Å². The summed E-state index contributed by atoms with van der Waals surface area (Å²) >= 11 is 0. The van der Waals surface area contributed by atoms with Crippen molar-refractivity contribution in [1.82, 2.24) is 5.32 Å². The van der Waals surface area contributed by atoms with Gasteiger partial charge in [-0.15, -0.1) is 0 Å². The number of hydrogen-bond acceptors (Lipinski definition) is 5. The van der Waals surface area contributed by atoms with Gasteiger partial charge >= 0.3 is 5.97 Å². The number of ether oxygens (including phenoxy) is 1. The van der Waals surface area contributed by atoms with Gasteiger partial charge in [0.15, 0.2) is 0 Å². The summed E-state index contributed by atoms with van der Waals surface area (Å²) in [4.78, 5) is 24.5. The van der Waals surface area contributed by atoms with Crippen molar-refractivity contribution in [3.8, 4) is 0 Å². The van der Waals surface area contributed by atoms with E-state index in [0.29, 0.717) is 25.9 Å². The molecule has 2 atom stereocenters. The lowest BCUT2D eigenvalue weighted by atomic mass is 10.0. The fourth-order valence-corrected chi connectivity index (χ4v) is 10.5. The van der Waals surface area contributed by atoms with E-state index in [-0.39, 0.29) is 18.5 Å². The van der Waals surface area contributed by atoms with Gasteiger partial charge in [0.05, 0.1) is 25.4 Å². The molecule has 1 amide bonds. The van der Waals surface area contributed by atoms with Gasteiger partial charge in [0.1, 0.15) is 0 Å². The molecule has 0 spiro atoms. The first-order valence-electron chi connectivity index (χ1n) is 33.7. The summed E-state index contributed by atoms with van der Waals surface area (Å²) in [6.07, 6.45) is 82.0. The van der Waals surface area contributed by atoms with Crippen LogP contribution < -0.4 is 5.32 Å². The minimum Gasteiger partial charge on any atom is -0.466 e. The van der Waals surface area contributed by atoms with E-state index >= 15 is 0 Å². The third kappa shape index (κ3) is 61.2. The predicted octanol–water partition coefficient (Wildman–Crippen LogP) is 21.5. The molecule has 0 aromatic carbocycles. The first kappa shape index (κ1) is 73.1. The van der Waals surface area contributed by atoms with Gasteiger partial charge in [-0.3, -0.25) is 9.59 Å². The van der Waals surface area contributed by atoms with Crippen LogP contribution in [0.4, 0.5) is 0 Å². The number of hydrogen-bond donors (Lipinski definition) is 3. The average molecular weight is 1050 g/mol. The fourth-order valence-electron chi connectivity index (χ4n) is 10.5. The Morgan fingerprint density at radius 1 is 0.373 bits per heavy atom. The molecule has 0 saturated carbocycles. The van der Waals surface area contributed by atoms with Crippen LogP contribution in [0, 0.1) is 0 Å². The second-order valence-corrected chi connectivity index (χ2v) is 23.1. The van der Waals surface area contributed by atoms with Gasteiger partial charge in [0.2, 0.25) is 5.91 Å². The molecule has 3 N–H and O–H groups in total. The Morgan fingerprint density at radius 3 is 1.03 bits per heavy atom. The lowest BCUT2D eigenvalue weighted by Crippen LogP contribution is -2.45. The van der Waals surface area contributed by atoms with Crippen LogP contribution in [-0.4, -0.2) is 47.4 Å². The maximum atomic E-state index is 12.4. The van der Waals surface area contributed by atoms with E-state index in [9.17, 15) is 19.8 Å². The van der Waals surface area contributed by atoms with Gasteiger partial charge in [-0.05, 0) is 83.5 Å². The highest BCUT2D eigenvalue weighted by atomic mass is 16.5. The molecule has 0 aromatic heterocycles. The van der Waals surface area contributed by atoms with Crippen LogP contribution in [0.3, 0.4) is 0 Å². The molecule has 2 unspecified atom stereocenters. The van der Waals surface area contributed by atoms with Crippen molar-refractivity contribution in [1.29, 1.82) is 0 Å². The molecule has 0 aliphatic heterocycles. The Hall–Kier alpha value is -1.92. The predicted molar refractivity (Wildman–Crippen MR) is 329 cm³/mol. The number of aliphatic hydroxyl groups is 2. The fraction of sp³-hybridized carbons (Fsp3) is 0.884. The summed E-state index contributed by atoms with van der Waals surface area (Å²) in [5.41, 5.74) is 0. The number of aliphatic hydroxyl groups excluding tert-OH is 2. The minimum absolute atomic E-state index is 0.0104. The first-order chi connectivity index (χ1) is 37.0. The maximum absolute atomic E-state index is 12.4. The zero-order chi connectivity index (χ0) is 54.3. The van der Waals surface area contributed by atoms with Crippen molar-refractivity contribution in [2.45, 2.75) is 379 Å². The molecule has 0 radical (unpaired) electrons. The van der Waals surface area contributed by atoms with Gasteiger partial charge in [0, 0.05) is 12.8 Å². The van der Waals surface area contributed by atoms with Gasteiger partial charge in [-0.2, -0.15) is 0 Å². The highest BCUT2D eigenvalue weighted by molar-refractivity contribution is 5.76. The summed E-state index contributed by atoms with van der Waals surface area (Å²) in [6.45, 7) is 4.94. The molecule has 0 saturated heterocycles. The number of esters is 1. The normalized spacial score (nSPS) is 12.7. The van der Waals surface area contributed by atoms with Crippen LogP contribution >= 0.6 is 0 Å². The zero-order valence-electron chi connectivity index (χ0n) is 50.5. The van der Waals surface area contributed by atoms with E-state index in [4.69, 9.17) is 4.74 Å². The van der Waals surface area contributed by atoms with Crippen LogP contribution in [-0.2, 0) is 14.3 Å². The molecule has 0 aromatic rings. The van der Waals surface area contributed by atoms with E-state index in [1.54, 1.807) is 0 Å². The zero-order valence-corrected chi connectivity index (χ0v) is 50.5. The van der Waals surface area contributed by atoms with Crippen LogP contribution in [0.25, 0.3) is 0 Å². The van der Waals surface area contributed by atoms with Crippen molar-refractivity contribution in [2.75, 3.05) is 13.2 Å². The lowest BCUT2D eigenvalue weighted by molar-refractivity contribution is -0.143. The Morgan fingerprint density at radius 2 is 0.667 bits per heavy atom. The number of rotatable bonds is 63. The average Bonchev–Trinajstić information content (AvgIpc) is 3.41. The van der Waals surface area contributed by atoms with E-state index in [2.05, 4.69) is 55.6 Å². The number of carbonyl (C=O) groups is 2. The van der Waals surface area contributed by atoms with Crippen LogP contribution in [0.5, 0.6) is 0 Å². The van der Waals surface area contributed by atoms with E-state index in [1.807, 2.05) is 0 Å². The second kappa shape index (κ2) is 64.6. The third-order valence-electron chi connectivity index (χ3n) is 15.7. The molecule has 0 aliphatic carbocycles. The van der Waals surface area contributed by atoms with E-state index < -0.39 is 12.1 Å². The summed E-state index contributed by atoms with van der Waals surface area (Å²) in [7, 11) is 0. The summed E-state index contributed by atoms with van der Waals surface area (Å²) in [5, 5.41) is 23.1. The van der Waals surface area contributed by atoms with Gasteiger partial charge in [-0.25, -0.2) is 0 Å². The number of nitrogens with one attached hydrogen (secondary N) is 1. The number of carbonyl (C=O) groups excluding carboxylic acids is 2. The standard InChI is InChI=1S/C69H131NO5/c1-3-5-7-9-11-13-14-15-16-17-34-37-40-43-47-51-55-59-63-69(74)75-64-60-56-52-48-44-41-38-35-32-30-28-26-24-22-20-18-19-21-23-25-27-29-31-33-36-39-42-46-50-54-58-62-68(73)70-66(65-71)67(72)61-57-53-49-45-12-10-8-6-4-2/h16-17,20,22,26,28,66-67,71-72H,3-15,18-19,21,23-25,27,29-65H2,1-2H3,(H,70,73)/b17-16-,22-20-,28-26-. The lowest BCUT2D eigenvalue weighted by Gasteiger charge is -2.22. The van der Waals surface area contributed by atoms with Crippen molar-refractivity contribution in [2.24, 2.45) is 0 Å². The molecule has 442 valence electrons. The van der Waals surface area contributed by atoms with Gasteiger partial charge in [-0.1, -0.05) is 307 Å². The van der Waals surface area contributed by atoms with Crippen molar-refractivity contribution in [3.63, 3.8) is 0 Å². The molecular formula is C69H131NO5. The molecule has 6 heteroatoms. The van der Waals surface area contributed by atoms with Crippen molar-refractivity contribution < 1.29 is 24.5 Å². The molecule has 0 fully saturated rings. The Balaban J connectivity index is 3.36. The Bertz CT molecular complexity index is 1210. The third-order valence-corrected chi connectivity index (χ3v) is 15.7. The second-order valence-electron chi connectivity index (χ2n) is 23.1. The number of amides is 1. The quantitative estimate of drug-likeness (QED) is 0.0320. The van der Waals surface area contributed by atoms with Crippen molar-refractivity contribution >= 4 is 11.9 Å². The molecule has 75 heavy (non-hydrogen) atoms. The van der Waals surface area contributed by atoms with Crippen LogP contribution in [0.15, 0.2) is 36.5 Å². The molecule has 0 aliphatic rings. The highest BCUT2D eigenvalue weighted by Gasteiger charge is 2.20. The maximum Gasteiger partial charge on any atom is 0.305 e. The SMILES string of the molecule is CCCCCCCCC/C=C\CCCCCCCCCC(=O)OCCCCCCCCCCC/C=C\C/C=C\CCCCCCCCCCCCCCCCCC(=O)NC(CO)C(O)CCCCCCCCCCC. The molecule has 0 heterocycles. The van der Waals surface area contributed by atoms with Crippen LogP contribution in [0.2, 0.25) is 0 Å². The summed E-state index contributed by atoms with van der Waals surface area (Å²) < 4.78 is 5.50. The van der Waals surface area contributed by atoms with Crippen molar-refractivity contribution in [3.05, 3.63) is 36.5 Å². The highest BCUT2D eigenvalue weighted by Crippen LogP contribution is 2.18. The molecule has 6 nitrogen and oxygen atoms in total. The minimum atomic E-state index is -0.661. The smallest absolute Gasteiger partial charge is 0.305 e. The largest absolute Gasteiger partial charge is 0.466 e. The molecular weight excluding hydrogens is 923 g/mol. The number of unbranched alkanes of at least 4 members (excludes halogenated alkanes) is 46. The Kier molecular flexibility index (Phi) is 63.0. The number of allylic oxidation sites excluding steroid dienone is 6. The van der Waals surface area contributed by atoms with Gasteiger partial charge < -0.3 is 20.3 Å². The summed E-state index contributed by atoms with van der Waals surface area (Å²) in [6, 6.07) is -0.539.